The maximum absolute atomic E-state index is 5.92. The summed E-state index contributed by atoms with van der Waals surface area (Å²) in [5.41, 5.74) is 1.31. The number of fused-ring (bicyclic) bond motifs is 1. The monoisotopic (exact) mass is 287 g/mol. The summed E-state index contributed by atoms with van der Waals surface area (Å²) in [5, 5.41) is 4.68. The first-order valence-corrected chi connectivity index (χ1v) is 7.96. The van der Waals surface area contributed by atoms with Crippen LogP contribution in [0.2, 0.25) is 0 Å². The largest absolute Gasteiger partial charge is 0.493 e. The van der Waals surface area contributed by atoms with Gasteiger partial charge in [0.1, 0.15) is 5.76 Å². The minimum atomic E-state index is 0.460. The minimum absolute atomic E-state index is 0.460. The Bertz CT molecular complexity index is 596. The lowest BCUT2D eigenvalue weighted by molar-refractivity contribution is 0.206. The molecule has 3 rings (SSSR count). The summed E-state index contributed by atoms with van der Waals surface area (Å²) in [6, 6.07) is 8.10. The molecule has 114 valence electrons. The zero-order valence-corrected chi connectivity index (χ0v) is 13.1. The lowest BCUT2D eigenvalue weighted by atomic mass is 9.76. The van der Waals surface area contributed by atoms with Gasteiger partial charge in [-0.05, 0) is 30.4 Å². The molecule has 1 saturated carbocycles. The van der Waals surface area contributed by atoms with E-state index in [9.17, 15) is 0 Å². The second kappa shape index (κ2) is 6.10. The van der Waals surface area contributed by atoms with Crippen molar-refractivity contribution in [1.29, 1.82) is 0 Å². The molecule has 0 aliphatic heterocycles. The number of nitrogens with one attached hydrogen (secondary N) is 1. The van der Waals surface area contributed by atoms with Crippen molar-refractivity contribution in [3.05, 3.63) is 30.0 Å². The van der Waals surface area contributed by atoms with Gasteiger partial charge in [0.05, 0.1) is 13.7 Å². The van der Waals surface area contributed by atoms with E-state index in [1.54, 1.807) is 7.11 Å². The third kappa shape index (κ3) is 3.24. The molecule has 0 bridgehead atoms. The number of benzene rings is 1. The molecule has 0 spiro atoms. The minimum Gasteiger partial charge on any atom is -0.493 e. The van der Waals surface area contributed by atoms with Crippen LogP contribution in [0.4, 0.5) is 0 Å². The van der Waals surface area contributed by atoms with Crippen LogP contribution in [0.15, 0.2) is 28.7 Å². The van der Waals surface area contributed by atoms with Crippen LogP contribution in [0.5, 0.6) is 5.75 Å². The quantitative estimate of drug-likeness (QED) is 0.879. The molecule has 1 fully saturated rings. The smallest absolute Gasteiger partial charge is 0.176 e. The highest BCUT2D eigenvalue weighted by atomic mass is 16.5. The highest BCUT2D eigenvalue weighted by Crippen LogP contribution is 2.35. The molecule has 0 radical (unpaired) electrons. The van der Waals surface area contributed by atoms with Gasteiger partial charge in [-0.15, -0.1) is 0 Å². The van der Waals surface area contributed by atoms with E-state index in [2.05, 4.69) is 24.4 Å². The van der Waals surface area contributed by atoms with Crippen LogP contribution >= 0.6 is 0 Å². The maximum Gasteiger partial charge on any atom is 0.176 e. The molecule has 1 aromatic heterocycles. The molecule has 0 unspecified atom stereocenters. The van der Waals surface area contributed by atoms with Crippen molar-refractivity contribution in [2.75, 3.05) is 13.7 Å². The Morgan fingerprint density at radius 1 is 1.24 bits per heavy atom. The van der Waals surface area contributed by atoms with Gasteiger partial charge >= 0.3 is 0 Å². The zero-order chi connectivity index (χ0) is 14.7. The normalized spacial score (nSPS) is 18.0. The van der Waals surface area contributed by atoms with Crippen molar-refractivity contribution in [3.63, 3.8) is 0 Å². The molecular weight excluding hydrogens is 262 g/mol. The van der Waals surface area contributed by atoms with E-state index in [1.165, 1.54) is 32.1 Å². The van der Waals surface area contributed by atoms with Crippen LogP contribution in [0.25, 0.3) is 11.0 Å². The van der Waals surface area contributed by atoms with Gasteiger partial charge < -0.3 is 14.5 Å². The van der Waals surface area contributed by atoms with Crippen molar-refractivity contribution in [3.8, 4) is 5.75 Å². The molecule has 2 aromatic rings. The van der Waals surface area contributed by atoms with Crippen molar-refractivity contribution in [2.45, 2.75) is 45.6 Å². The number of ether oxygens (including phenoxy) is 1. The Labute approximate surface area is 126 Å². The number of hydrogen-bond acceptors (Lipinski definition) is 3. The fraction of sp³-hybridized carbons (Fsp3) is 0.556. The van der Waals surface area contributed by atoms with E-state index in [0.29, 0.717) is 5.41 Å². The Kier molecular flexibility index (Phi) is 4.20. The van der Waals surface area contributed by atoms with E-state index in [-0.39, 0.29) is 0 Å². The SMILES string of the molecule is COc1cccc2cc(CNCC3(C)CCCCC3)oc12. The number of rotatable bonds is 5. The lowest BCUT2D eigenvalue weighted by Crippen LogP contribution is -2.33. The van der Waals surface area contributed by atoms with Gasteiger partial charge in [-0.2, -0.15) is 0 Å². The zero-order valence-electron chi connectivity index (χ0n) is 13.1. The topological polar surface area (TPSA) is 34.4 Å². The summed E-state index contributed by atoms with van der Waals surface area (Å²) in [4.78, 5) is 0. The van der Waals surface area contributed by atoms with Crippen LogP contribution in [-0.4, -0.2) is 13.7 Å². The first-order chi connectivity index (χ1) is 10.2. The Morgan fingerprint density at radius 3 is 2.81 bits per heavy atom. The highest BCUT2D eigenvalue weighted by Gasteiger charge is 2.26. The molecule has 0 saturated heterocycles. The second-order valence-corrected chi connectivity index (χ2v) is 6.57. The lowest BCUT2D eigenvalue weighted by Gasteiger charge is -2.33. The molecule has 1 heterocycles. The molecule has 1 aliphatic carbocycles. The van der Waals surface area contributed by atoms with E-state index in [1.807, 2.05) is 12.1 Å². The summed E-state index contributed by atoms with van der Waals surface area (Å²) < 4.78 is 11.3. The van der Waals surface area contributed by atoms with Gasteiger partial charge in [0.15, 0.2) is 11.3 Å². The fourth-order valence-corrected chi connectivity index (χ4v) is 3.41. The standard InChI is InChI=1S/C18H25NO2/c1-18(9-4-3-5-10-18)13-19-12-15-11-14-7-6-8-16(20-2)17(14)21-15/h6-8,11,19H,3-5,9-10,12-13H2,1-2H3. The van der Waals surface area contributed by atoms with Crippen LogP contribution in [0.1, 0.15) is 44.8 Å². The van der Waals surface area contributed by atoms with E-state index >= 15 is 0 Å². The molecule has 0 amide bonds. The van der Waals surface area contributed by atoms with Gasteiger partial charge in [-0.1, -0.05) is 38.3 Å². The van der Waals surface area contributed by atoms with E-state index < -0.39 is 0 Å². The van der Waals surface area contributed by atoms with Gasteiger partial charge in [-0.25, -0.2) is 0 Å². The number of methoxy groups -OCH3 is 1. The van der Waals surface area contributed by atoms with Crippen molar-refractivity contribution in [1.82, 2.24) is 5.32 Å². The first-order valence-electron chi connectivity index (χ1n) is 7.96. The van der Waals surface area contributed by atoms with Crippen LogP contribution in [0, 0.1) is 5.41 Å². The van der Waals surface area contributed by atoms with Gasteiger partial charge in [0.25, 0.3) is 0 Å². The van der Waals surface area contributed by atoms with Crippen molar-refractivity contribution in [2.24, 2.45) is 5.41 Å². The van der Waals surface area contributed by atoms with Crippen LogP contribution in [-0.2, 0) is 6.54 Å². The summed E-state index contributed by atoms with van der Waals surface area (Å²) in [6.45, 7) is 4.26. The van der Waals surface area contributed by atoms with Crippen molar-refractivity contribution >= 4 is 11.0 Å². The molecule has 1 aromatic carbocycles. The average molecular weight is 287 g/mol. The van der Waals surface area contributed by atoms with Crippen LogP contribution in [0.3, 0.4) is 0 Å². The summed E-state index contributed by atoms with van der Waals surface area (Å²) in [7, 11) is 1.68. The Hall–Kier alpha value is -1.48. The number of furan rings is 1. The van der Waals surface area contributed by atoms with E-state index in [0.717, 1.165) is 35.6 Å². The average Bonchev–Trinajstić information content (AvgIpc) is 2.90. The van der Waals surface area contributed by atoms with Gasteiger partial charge in [-0.3, -0.25) is 0 Å². The molecular formula is C18H25NO2. The van der Waals surface area contributed by atoms with E-state index in [4.69, 9.17) is 9.15 Å². The number of para-hydroxylation sites is 1. The summed E-state index contributed by atoms with van der Waals surface area (Å²) >= 11 is 0. The summed E-state index contributed by atoms with van der Waals surface area (Å²) in [5.74, 6) is 1.78. The highest BCUT2D eigenvalue weighted by molar-refractivity contribution is 5.83. The van der Waals surface area contributed by atoms with Crippen molar-refractivity contribution < 1.29 is 9.15 Å². The molecule has 0 atom stereocenters. The van der Waals surface area contributed by atoms with Gasteiger partial charge in [0, 0.05) is 11.9 Å². The number of hydrogen-bond donors (Lipinski definition) is 1. The fourth-order valence-electron chi connectivity index (χ4n) is 3.41. The first kappa shape index (κ1) is 14.5. The van der Waals surface area contributed by atoms with Crippen LogP contribution < -0.4 is 10.1 Å². The molecule has 3 heteroatoms. The Morgan fingerprint density at radius 2 is 2.05 bits per heavy atom. The third-order valence-corrected chi connectivity index (χ3v) is 4.69. The maximum atomic E-state index is 5.92. The second-order valence-electron chi connectivity index (χ2n) is 6.57. The Balaban J connectivity index is 1.63. The predicted molar refractivity (Wildman–Crippen MR) is 85.7 cm³/mol. The predicted octanol–water partition coefficient (Wildman–Crippen LogP) is 4.50. The molecule has 21 heavy (non-hydrogen) atoms. The molecule has 3 nitrogen and oxygen atoms in total. The molecule has 1 aliphatic rings. The third-order valence-electron chi connectivity index (χ3n) is 4.69. The van der Waals surface area contributed by atoms with Gasteiger partial charge in [0.2, 0.25) is 0 Å². The summed E-state index contributed by atoms with van der Waals surface area (Å²) in [6.07, 6.45) is 6.83. The molecule has 1 N–H and O–H groups in total.